The molecule has 7 atom stereocenters. The van der Waals surface area contributed by atoms with Crippen LogP contribution in [0.1, 0.15) is 82.6 Å². The maximum absolute atomic E-state index is 13.3. The lowest BCUT2D eigenvalue weighted by molar-refractivity contribution is -0.129. The lowest BCUT2D eigenvalue weighted by Crippen LogP contribution is -2.48. The minimum Gasteiger partial charge on any atom is -0.390 e. The summed E-state index contributed by atoms with van der Waals surface area (Å²) in [6.45, 7) is 6.14. The molecule has 5 heteroatoms. The molecule has 4 aliphatic rings. The van der Waals surface area contributed by atoms with E-state index in [2.05, 4.69) is 18.1 Å². The predicted octanol–water partition coefficient (Wildman–Crippen LogP) is 4.59. The molecule has 1 heterocycles. The highest BCUT2D eigenvalue weighted by atomic mass is 16.3. The second kappa shape index (κ2) is 7.40. The summed E-state index contributed by atoms with van der Waals surface area (Å²) < 4.78 is 1.64. The van der Waals surface area contributed by atoms with E-state index in [-0.39, 0.29) is 29.4 Å². The van der Waals surface area contributed by atoms with E-state index in [1.54, 1.807) is 16.9 Å². The Morgan fingerprint density at radius 3 is 2.71 bits per heavy atom. The van der Waals surface area contributed by atoms with Gasteiger partial charge in [0.25, 0.3) is 0 Å². The Morgan fingerprint density at radius 1 is 1.16 bits per heavy atom. The van der Waals surface area contributed by atoms with E-state index >= 15 is 0 Å². The minimum absolute atomic E-state index is 0.0636. The lowest BCUT2D eigenvalue weighted by Gasteiger charge is -2.54. The first-order valence-corrected chi connectivity index (χ1v) is 12.2. The molecule has 3 fully saturated rings. The predicted molar refractivity (Wildman–Crippen MR) is 118 cm³/mol. The van der Waals surface area contributed by atoms with Crippen molar-refractivity contribution >= 4 is 11.6 Å². The summed E-state index contributed by atoms with van der Waals surface area (Å²) in [6.07, 6.45) is 12.7. The van der Waals surface area contributed by atoms with Crippen LogP contribution in [0, 0.1) is 35.0 Å². The number of rotatable bonds is 4. The molecule has 0 radical (unpaired) electrons. The molecule has 1 aromatic heterocycles. The summed E-state index contributed by atoms with van der Waals surface area (Å²) in [7, 11) is 0. The molecule has 3 saturated carbocycles. The van der Waals surface area contributed by atoms with Crippen LogP contribution in [0.25, 0.3) is 0 Å². The van der Waals surface area contributed by atoms with Gasteiger partial charge < -0.3 is 5.11 Å². The molecule has 31 heavy (non-hydrogen) atoms. The average Bonchev–Trinajstić information content (AvgIpc) is 3.31. The van der Waals surface area contributed by atoms with E-state index in [0.29, 0.717) is 23.4 Å². The van der Waals surface area contributed by atoms with Crippen molar-refractivity contribution in [1.29, 1.82) is 0 Å². The third-order valence-corrected chi connectivity index (χ3v) is 9.42. The first-order valence-electron chi connectivity index (χ1n) is 12.2. The summed E-state index contributed by atoms with van der Waals surface area (Å²) in [5.41, 5.74) is 1.49. The van der Waals surface area contributed by atoms with Crippen LogP contribution in [0.3, 0.4) is 0 Å². The van der Waals surface area contributed by atoms with Gasteiger partial charge in [-0.05, 0) is 93.4 Å². The molecule has 5 rings (SSSR count). The number of hydrogen-bond acceptors (Lipinski definition) is 4. The van der Waals surface area contributed by atoms with Crippen molar-refractivity contribution < 1.29 is 14.7 Å². The van der Waals surface area contributed by atoms with Crippen molar-refractivity contribution in [1.82, 2.24) is 9.78 Å². The van der Waals surface area contributed by atoms with Crippen molar-refractivity contribution in [2.24, 2.45) is 35.0 Å². The number of Topliss-reactive ketones (excluding diaryl/α,β-unsaturated/α-hetero) is 2. The molecule has 0 unspecified atom stereocenters. The maximum atomic E-state index is 13.3. The lowest BCUT2D eigenvalue weighted by atomic mass is 9.51. The normalized spacial score (nSPS) is 41.7. The van der Waals surface area contributed by atoms with Crippen LogP contribution < -0.4 is 0 Å². The molecule has 1 aromatic rings. The molecule has 5 nitrogen and oxygen atoms in total. The molecule has 0 aromatic carbocycles. The number of aromatic nitrogens is 2. The Bertz CT molecular complexity index is 929. The average molecular weight is 425 g/mol. The number of allylic oxidation sites excluding steroid dienone is 1. The molecule has 0 spiro atoms. The van der Waals surface area contributed by atoms with Gasteiger partial charge in [0.2, 0.25) is 0 Å². The van der Waals surface area contributed by atoms with E-state index in [1.165, 1.54) is 18.9 Å². The quantitative estimate of drug-likeness (QED) is 0.567. The second-order valence-electron chi connectivity index (χ2n) is 11.4. The third-order valence-electron chi connectivity index (χ3n) is 9.42. The number of carbonyl (C=O) groups excluding carboxylic acids is 2. The van der Waals surface area contributed by atoms with Gasteiger partial charge in [-0.1, -0.05) is 18.6 Å². The topological polar surface area (TPSA) is 72.2 Å². The largest absolute Gasteiger partial charge is 0.390 e. The van der Waals surface area contributed by atoms with Gasteiger partial charge >= 0.3 is 0 Å². The van der Waals surface area contributed by atoms with Crippen LogP contribution in [0.15, 0.2) is 23.9 Å². The maximum Gasteiger partial charge on any atom is 0.179 e. The Kier molecular flexibility index (Phi) is 5.04. The molecule has 168 valence electrons. The van der Waals surface area contributed by atoms with E-state index in [1.807, 2.05) is 6.92 Å². The SMILES string of the molecule is CC(=O)c1ccn(CC(=O)[C@H]2CC[C@H]3[C@@H]4CC=C5C[C@](C)(O)CC[C@@H]5[C@H]4CC[C@]23C)n1. The fourth-order valence-electron chi connectivity index (χ4n) is 7.90. The van der Waals surface area contributed by atoms with Crippen molar-refractivity contribution in [3.63, 3.8) is 0 Å². The summed E-state index contributed by atoms with van der Waals surface area (Å²) in [5, 5.41) is 14.8. The first-order chi connectivity index (χ1) is 14.7. The zero-order valence-corrected chi connectivity index (χ0v) is 19.1. The Hall–Kier alpha value is -1.75. The molecule has 4 aliphatic carbocycles. The number of aliphatic hydroxyl groups is 1. The van der Waals surface area contributed by atoms with Gasteiger partial charge in [-0.25, -0.2) is 0 Å². The molecule has 0 saturated heterocycles. The number of ketones is 2. The second-order valence-corrected chi connectivity index (χ2v) is 11.4. The molecule has 0 amide bonds. The fourth-order valence-corrected chi connectivity index (χ4v) is 7.90. The van der Waals surface area contributed by atoms with Crippen LogP contribution in [0.4, 0.5) is 0 Å². The highest BCUT2D eigenvalue weighted by Crippen LogP contribution is 2.63. The number of hydrogen-bond donors (Lipinski definition) is 1. The molecule has 0 bridgehead atoms. The monoisotopic (exact) mass is 424 g/mol. The smallest absolute Gasteiger partial charge is 0.179 e. The molecule has 0 aliphatic heterocycles. The zero-order chi connectivity index (χ0) is 22.0. The van der Waals surface area contributed by atoms with Crippen LogP contribution in [0.5, 0.6) is 0 Å². The van der Waals surface area contributed by atoms with E-state index in [0.717, 1.165) is 50.9 Å². The summed E-state index contributed by atoms with van der Waals surface area (Å²) in [4.78, 5) is 24.9. The standard InChI is InChI=1S/C26H36N2O3/c1-16(29)23-10-13-28(27-23)15-24(30)22-7-6-21-20-5-4-17-14-25(2,31)11-8-18(17)19(20)9-12-26(21,22)3/h4,10,13,18-22,31H,5-9,11-12,14-15H2,1-3H3/t18-,19+,20+,21-,22+,25+,26-/m0/s1. The van der Waals surface area contributed by atoms with Gasteiger partial charge in [-0.15, -0.1) is 0 Å². The Morgan fingerprint density at radius 2 is 1.97 bits per heavy atom. The van der Waals surface area contributed by atoms with Gasteiger partial charge in [0, 0.05) is 19.0 Å². The number of nitrogens with zero attached hydrogens (tertiary/aromatic N) is 2. The van der Waals surface area contributed by atoms with Crippen LogP contribution in [0.2, 0.25) is 0 Å². The van der Waals surface area contributed by atoms with Crippen molar-refractivity contribution in [2.45, 2.75) is 84.3 Å². The van der Waals surface area contributed by atoms with Crippen molar-refractivity contribution in [3.05, 3.63) is 29.6 Å². The van der Waals surface area contributed by atoms with E-state index in [9.17, 15) is 14.7 Å². The Balaban J connectivity index is 1.32. The fraction of sp³-hybridized carbons (Fsp3) is 0.731. The van der Waals surface area contributed by atoms with E-state index < -0.39 is 5.60 Å². The van der Waals surface area contributed by atoms with Gasteiger partial charge in [-0.3, -0.25) is 14.3 Å². The molecular weight excluding hydrogens is 388 g/mol. The van der Waals surface area contributed by atoms with Gasteiger partial charge in [0.1, 0.15) is 5.69 Å². The Labute approximate surface area is 185 Å². The summed E-state index contributed by atoms with van der Waals surface area (Å²) in [6, 6.07) is 1.70. The van der Waals surface area contributed by atoms with Crippen molar-refractivity contribution in [2.75, 3.05) is 0 Å². The first kappa shape index (κ1) is 21.1. The van der Waals surface area contributed by atoms with Gasteiger partial charge in [0.05, 0.1) is 12.1 Å². The van der Waals surface area contributed by atoms with Crippen LogP contribution in [-0.2, 0) is 11.3 Å². The zero-order valence-electron chi connectivity index (χ0n) is 19.1. The van der Waals surface area contributed by atoms with Gasteiger partial charge in [0.15, 0.2) is 11.6 Å². The molecular formula is C26H36N2O3. The van der Waals surface area contributed by atoms with Crippen LogP contribution in [-0.4, -0.2) is 32.1 Å². The summed E-state index contributed by atoms with van der Waals surface area (Å²) in [5.74, 6) is 2.99. The van der Waals surface area contributed by atoms with Crippen molar-refractivity contribution in [3.8, 4) is 0 Å². The third kappa shape index (κ3) is 3.53. The highest BCUT2D eigenvalue weighted by Gasteiger charge is 2.57. The summed E-state index contributed by atoms with van der Waals surface area (Å²) >= 11 is 0. The number of carbonyl (C=O) groups is 2. The van der Waals surface area contributed by atoms with E-state index in [4.69, 9.17) is 0 Å². The minimum atomic E-state index is -0.530. The highest BCUT2D eigenvalue weighted by molar-refractivity contribution is 5.92. The van der Waals surface area contributed by atoms with Gasteiger partial charge in [-0.2, -0.15) is 5.10 Å². The number of fused-ring (bicyclic) bond motifs is 5. The molecule has 1 N–H and O–H groups in total. The van der Waals surface area contributed by atoms with Crippen LogP contribution >= 0.6 is 0 Å².